The Hall–Kier alpha value is -0.820. The molecule has 1 rings (SSSR count). The van der Waals surface area contributed by atoms with Gasteiger partial charge in [-0.25, -0.2) is 0 Å². The third kappa shape index (κ3) is 1.58. The van der Waals surface area contributed by atoms with Gasteiger partial charge >= 0.3 is 0 Å². The number of aliphatic hydroxyl groups is 1. The monoisotopic (exact) mass is 135 g/mol. The molecule has 0 aromatic heterocycles. The van der Waals surface area contributed by atoms with Gasteiger partial charge in [-0.05, 0) is 11.6 Å². The highest BCUT2D eigenvalue weighted by atomic mass is 16.3. The molecule has 0 spiro atoms. The molecule has 0 heterocycles. The Morgan fingerprint density at radius 3 is 2.90 bits per heavy atom. The standard InChI is InChI=1S/C9H11O/c1-8(7-10)9-5-3-2-4-6-9/h2-5,8,10H,7H2,1H3. The summed E-state index contributed by atoms with van der Waals surface area (Å²) in [7, 11) is 0. The Morgan fingerprint density at radius 1 is 1.60 bits per heavy atom. The molecule has 10 heavy (non-hydrogen) atoms. The molecule has 0 aliphatic rings. The van der Waals surface area contributed by atoms with Crippen LogP contribution in [0.25, 0.3) is 0 Å². The lowest BCUT2D eigenvalue weighted by Crippen LogP contribution is -1.97. The largest absolute Gasteiger partial charge is 0.396 e. The van der Waals surface area contributed by atoms with Crippen molar-refractivity contribution in [3.8, 4) is 0 Å². The number of hydrogen-bond donors (Lipinski definition) is 1. The van der Waals surface area contributed by atoms with Crippen molar-refractivity contribution in [2.75, 3.05) is 6.61 Å². The third-order valence-corrected chi connectivity index (χ3v) is 1.54. The highest BCUT2D eigenvalue weighted by Crippen LogP contribution is 2.11. The highest BCUT2D eigenvalue weighted by molar-refractivity contribution is 5.16. The van der Waals surface area contributed by atoms with E-state index in [2.05, 4.69) is 6.07 Å². The maximum absolute atomic E-state index is 8.77. The van der Waals surface area contributed by atoms with Crippen molar-refractivity contribution >= 4 is 0 Å². The van der Waals surface area contributed by atoms with E-state index in [1.165, 1.54) is 0 Å². The van der Waals surface area contributed by atoms with Crippen LogP contribution in [0.15, 0.2) is 24.3 Å². The van der Waals surface area contributed by atoms with Crippen molar-refractivity contribution in [1.82, 2.24) is 0 Å². The smallest absolute Gasteiger partial charge is 0.0497 e. The first-order chi connectivity index (χ1) is 4.84. The van der Waals surface area contributed by atoms with Gasteiger partial charge in [0, 0.05) is 12.5 Å². The Bertz CT molecular complexity index is 181. The average molecular weight is 135 g/mol. The molecular formula is C9H11O. The molecule has 0 aliphatic carbocycles. The predicted molar refractivity (Wildman–Crippen MR) is 40.8 cm³/mol. The lowest BCUT2D eigenvalue weighted by Gasteiger charge is -2.05. The maximum atomic E-state index is 8.77. The van der Waals surface area contributed by atoms with Gasteiger partial charge in [0.1, 0.15) is 0 Å². The van der Waals surface area contributed by atoms with Gasteiger partial charge in [-0.2, -0.15) is 0 Å². The van der Waals surface area contributed by atoms with Gasteiger partial charge in [0.05, 0.1) is 0 Å². The van der Waals surface area contributed by atoms with E-state index in [0.29, 0.717) is 0 Å². The zero-order valence-corrected chi connectivity index (χ0v) is 6.04. The number of rotatable bonds is 2. The average Bonchev–Trinajstić information content (AvgIpc) is 2.05. The van der Waals surface area contributed by atoms with Crippen LogP contribution in [0.4, 0.5) is 0 Å². The predicted octanol–water partition coefficient (Wildman–Crippen LogP) is 1.58. The van der Waals surface area contributed by atoms with E-state index in [1.807, 2.05) is 31.2 Å². The molecule has 0 bridgehead atoms. The van der Waals surface area contributed by atoms with E-state index >= 15 is 0 Å². The first-order valence-electron chi connectivity index (χ1n) is 3.42. The fourth-order valence-corrected chi connectivity index (χ4v) is 0.812. The van der Waals surface area contributed by atoms with Gasteiger partial charge in [-0.1, -0.05) is 31.2 Å². The van der Waals surface area contributed by atoms with Crippen molar-refractivity contribution in [3.05, 3.63) is 35.9 Å². The second-order valence-corrected chi connectivity index (χ2v) is 2.40. The molecule has 0 saturated heterocycles. The van der Waals surface area contributed by atoms with Crippen molar-refractivity contribution in [2.24, 2.45) is 0 Å². The second kappa shape index (κ2) is 3.37. The van der Waals surface area contributed by atoms with Crippen molar-refractivity contribution in [2.45, 2.75) is 12.8 Å². The number of aliphatic hydroxyl groups excluding tert-OH is 1. The third-order valence-electron chi connectivity index (χ3n) is 1.54. The van der Waals surface area contributed by atoms with E-state index in [1.54, 1.807) is 0 Å². The van der Waals surface area contributed by atoms with Crippen LogP contribution in [0.1, 0.15) is 18.4 Å². The van der Waals surface area contributed by atoms with E-state index in [9.17, 15) is 0 Å². The molecule has 1 heteroatoms. The summed E-state index contributed by atoms with van der Waals surface area (Å²) in [6, 6.07) is 10.8. The number of hydrogen-bond acceptors (Lipinski definition) is 1. The molecule has 0 fully saturated rings. The summed E-state index contributed by atoms with van der Waals surface area (Å²) in [5, 5.41) is 8.77. The van der Waals surface area contributed by atoms with E-state index < -0.39 is 0 Å². The van der Waals surface area contributed by atoms with Crippen LogP contribution < -0.4 is 0 Å². The summed E-state index contributed by atoms with van der Waals surface area (Å²) in [5.74, 6) is 0.209. The van der Waals surface area contributed by atoms with Gasteiger partial charge in [0.2, 0.25) is 0 Å². The van der Waals surface area contributed by atoms with Gasteiger partial charge in [0.25, 0.3) is 0 Å². The summed E-state index contributed by atoms with van der Waals surface area (Å²) in [6.07, 6.45) is 0. The van der Waals surface area contributed by atoms with Gasteiger partial charge in [0.15, 0.2) is 0 Å². The molecule has 1 atom stereocenters. The highest BCUT2D eigenvalue weighted by Gasteiger charge is 2.00. The van der Waals surface area contributed by atoms with Gasteiger partial charge in [-0.3, -0.25) is 0 Å². The molecule has 1 N–H and O–H groups in total. The second-order valence-electron chi connectivity index (χ2n) is 2.40. The van der Waals surface area contributed by atoms with Gasteiger partial charge < -0.3 is 5.11 Å². The van der Waals surface area contributed by atoms with E-state index in [-0.39, 0.29) is 12.5 Å². The maximum Gasteiger partial charge on any atom is 0.0497 e. The first kappa shape index (κ1) is 7.29. The van der Waals surface area contributed by atoms with Crippen molar-refractivity contribution < 1.29 is 5.11 Å². The summed E-state index contributed by atoms with van der Waals surface area (Å²) >= 11 is 0. The molecule has 1 unspecified atom stereocenters. The van der Waals surface area contributed by atoms with E-state index in [0.717, 1.165) is 5.56 Å². The summed E-state index contributed by atoms with van der Waals surface area (Å²) < 4.78 is 0. The lowest BCUT2D eigenvalue weighted by atomic mass is 10.0. The lowest BCUT2D eigenvalue weighted by molar-refractivity contribution is 0.273. The minimum atomic E-state index is 0.195. The Kier molecular flexibility index (Phi) is 2.46. The summed E-state index contributed by atoms with van der Waals surface area (Å²) in [4.78, 5) is 0. The zero-order chi connectivity index (χ0) is 7.40. The minimum Gasteiger partial charge on any atom is -0.396 e. The van der Waals surface area contributed by atoms with Crippen LogP contribution >= 0.6 is 0 Å². The summed E-state index contributed by atoms with van der Waals surface area (Å²) in [6.45, 7) is 2.17. The molecule has 1 aromatic rings. The Balaban J connectivity index is 2.75. The minimum absolute atomic E-state index is 0.195. The summed E-state index contributed by atoms with van der Waals surface area (Å²) in [5.41, 5.74) is 1.07. The molecule has 1 nitrogen and oxygen atoms in total. The normalized spacial score (nSPS) is 13.0. The Labute approximate surface area is 61.3 Å². The molecule has 0 saturated carbocycles. The zero-order valence-electron chi connectivity index (χ0n) is 6.04. The number of benzene rings is 1. The van der Waals surface area contributed by atoms with Crippen molar-refractivity contribution in [1.29, 1.82) is 0 Å². The molecule has 0 aliphatic heterocycles. The van der Waals surface area contributed by atoms with Crippen LogP contribution in [0.2, 0.25) is 0 Å². The fraction of sp³-hybridized carbons (Fsp3) is 0.333. The molecule has 1 radical (unpaired) electrons. The van der Waals surface area contributed by atoms with Crippen LogP contribution in [0.3, 0.4) is 0 Å². The fourth-order valence-electron chi connectivity index (χ4n) is 0.812. The first-order valence-corrected chi connectivity index (χ1v) is 3.42. The molecular weight excluding hydrogens is 124 g/mol. The van der Waals surface area contributed by atoms with Crippen LogP contribution in [-0.2, 0) is 0 Å². The molecule has 0 amide bonds. The van der Waals surface area contributed by atoms with E-state index in [4.69, 9.17) is 5.11 Å². The van der Waals surface area contributed by atoms with Gasteiger partial charge in [-0.15, -0.1) is 0 Å². The SMILES string of the molecule is CC(CO)c1[c]cccc1. The van der Waals surface area contributed by atoms with Crippen LogP contribution in [0.5, 0.6) is 0 Å². The van der Waals surface area contributed by atoms with Crippen LogP contribution in [0, 0.1) is 6.07 Å². The topological polar surface area (TPSA) is 20.2 Å². The quantitative estimate of drug-likeness (QED) is 0.652. The Morgan fingerprint density at radius 2 is 2.40 bits per heavy atom. The molecule has 53 valence electrons. The van der Waals surface area contributed by atoms with Crippen molar-refractivity contribution in [3.63, 3.8) is 0 Å². The molecule has 1 aromatic carbocycles. The van der Waals surface area contributed by atoms with Crippen LogP contribution in [-0.4, -0.2) is 11.7 Å².